The van der Waals surface area contributed by atoms with Crippen LogP contribution in [0.1, 0.15) is 52.4 Å². The number of allylic oxidation sites excluding steroid dienone is 1. The summed E-state index contributed by atoms with van der Waals surface area (Å²) in [7, 11) is 0. The van der Waals surface area contributed by atoms with E-state index in [1.165, 1.54) is 5.57 Å². The molecule has 0 aromatic heterocycles. The molecule has 272 valence electrons. The molecule has 50 heavy (non-hydrogen) atoms. The van der Waals surface area contributed by atoms with Crippen LogP contribution in [0.15, 0.2) is 22.8 Å². The largest absolute Gasteiger partial charge is 0.457 e. The molecule has 8 fully saturated rings. The van der Waals surface area contributed by atoms with Gasteiger partial charge in [0.25, 0.3) is 0 Å². The van der Waals surface area contributed by atoms with Crippen LogP contribution in [0.25, 0.3) is 0 Å². The molecule has 0 aromatic carbocycles. The lowest BCUT2D eigenvalue weighted by atomic mass is 9.40. The second kappa shape index (κ2) is 9.47. The number of aliphatic hydroxyl groups excluding tert-OH is 5. The Bertz CT molecular complexity index is 1680. The van der Waals surface area contributed by atoms with E-state index >= 15 is 4.79 Å². The molecule has 5 saturated heterocycles. The SMILES string of the molecule is C[C@@H]1CN2C[C@H]3CC[C@@]45C[C@@H](C6=C4[C@@]4(CC6)C(=O)[C@@H]1C[C@]2(O)[C@@]34C)[C@H]1O[C@@H](O[C@@H]2O[C@H](CO)[C@@H](O)[C@H](O)[C@H]2O)[C@@H]2C(CO)=C[C@@H]3OC(=O)[C@@]15[C@H]23. The van der Waals surface area contributed by atoms with E-state index in [1.54, 1.807) is 6.08 Å². The molecule has 0 amide bonds. The third-order valence-corrected chi connectivity index (χ3v) is 17.0. The van der Waals surface area contributed by atoms with Crippen molar-refractivity contribution in [2.24, 2.45) is 57.2 Å². The van der Waals surface area contributed by atoms with Crippen LogP contribution in [0.2, 0.25) is 0 Å². The Morgan fingerprint density at radius 3 is 2.56 bits per heavy atom. The van der Waals surface area contributed by atoms with Crippen molar-refractivity contribution in [2.45, 2.75) is 107 Å². The van der Waals surface area contributed by atoms with E-state index in [0.29, 0.717) is 44.2 Å². The minimum absolute atomic E-state index is 0.0638. The van der Waals surface area contributed by atoms with Gasteiger partial charge in [-0.05, 0) is 61.2 Å². The van der Waals surface area contributed by atoms with E-state index in [-0.39, 0.29) is 42.0 Å². The number of nitrogens with zero attached hydrogens (tertiary/aromatic N) is 1. The highest BCUT2D eigenvalue weighted by Crippen LogP contribution is 2.87. The van der Waals surface area contributed by atoms with E-state index in [9.17, 15) is 35.4 Å². The Morgan fingerprint density at radius 2 is 1.80 bits per heavy atom. The van der Waals surface area contributed by atoms with Gasteiger partial charge in [0, 0.05) is 54.0 Å². The first kappa shape index (κ1) is 31.7. The molecular weight excluding hydrogens is 650 g/mol. The second-order valence-corrected chi connectivity index (χ2v) is 18.0. The number of carbonyl (C=O) groups excluding carboxylic acids is 2. The number of ether oxygens (including phenoxy) is 4. The van der Waals surface area contributed by atoms with Crippen molar-refractivity contribution in [2.75, 3.05) is 26.3 Å². The molecular formula is C37H47NO12. The van der Waals surface area contributed by atoms with Crippen LogP contribution in [0.5, 0.6) is 0 Å². The maximum atomic E-state index is 15.3. The van der Waals surface area contributed by atoms with Crippen molar-refractivity contribution in [3.05, 3.63) is 22.8 Å². The Hall–Kier alpha value is -1.78. The van der Waals surface area contributed by atoms with Gasteiger partial charge >= 0.3 is 5.97 Å². The van der Waals surface area contributed by atoms with Crippen LogP contribution in [0, 0.1) is 57.2 Å². The number of ketones is 1. The number of piperidine rings is 1. The first-order chi connectivity index (χ1) is 23.9. The number of Topliss-reactive ketones (excluding diaryl/α,β-unsaturated/α-hetero) is 1. The molecule has 0 unspecified atom stereocenters. The van der Waals surface area contributed by atoms with Crippen LogP contribution in [0.4, 0.5) is 0 Å². The number of fused-ring (bicyclic) bond motifs is 4. The zero-order chi connectivity index (χ0) is 34.7. The highest BCUT2D eigenvalue weighted by Gasteiger charge is 2.90. The Labute approximate surface area is 289 Å². The quantitative estimate of drug-likeness (QED) is 0.161. The summed E-state index contributed by atoms with van der Waals surface area (Å²) in [6.07, 6.45) is -4.35. The van der Waals surface area contributed by atoms with Crippen LogP contribution in [-0.4, -0.2) is 129 Å². The molecule has 3 spiro atoms. The van der Waals surface area contributed by atoms with Gasteiger partial charge in [-0.25, -0.2) is 0 Å². The number of hydrogen-bond acceptors (Lipinski definition) is 13. The molecule has 11 rings (SSSR count). The molecule has 11 aliphatic rings. The summed E-state index contributed by atoms with van der Waals surface area (Å²) >= 11 is 0. The molecule has 13 heteroatoms. The van der Waals surface area contributed by atoms with E-state index in [4.69, 9.17) is 18.9 Å². The van der Waals surface area contributed by atoms with Crippen molar-refractivity contribution in [3.8, 4) is 0 Å². The molecule has 4 bridgehead atoms. The maximum Gasteiger partial charge on any atom is 0.316 e. The van der Waals surface area contributed by atoms with Gasteiger partial charge in [-0.1, -0.05) is 19.4 Å². The zero-order valence-corrected chi connectivity index (χ0v) is 28.3. The summed E-state index contributed by atoms with van der Waals surface area (Å²) in [4.78, 5) is 32.5. The molecule has 3 saturated carbocycles. The van der Waals surface area contributed by atoms with Crippen LogP contribution >= 0.6 is 0 Å². The van der Waals surface area contributed by atoms with E-state index in [1.807, 2.05) is 0 Å². The maximum absolute atomic E-state index is 15.3. The summed E-state index contributed by atoms with van der Waals surface area (Å²) in [6, 6.07) is 0. The lowest BCUT2D eigenvalue weighted by Crippen LogP contribution is -2.73. The third kappa shape index (κ3) is 2.94. The number of esters is 1. The van der Waals surface area contributed by atoms with Crippen molar-refractivity contribution in [1.29, 1.82) is 0 Å². The molecule has 6 N–H and O–H groups in total. The van der Waals surface area contributed by atoms with Crippen molar-refractivity contribution in [3.63, 3.8) is 0 Å². The monoisotopic (exact) mass is 697 g/mol. The van der Waals surface area contributed by atoms with Gasteiger partial charge in [-0.15, -0.1) is 0 Å². The van der Waals surface area contributed by atoms with Gasteiger partial charge in [0.1, 0.15) is 47.4 Å². The van der Waals surface area contributed by atoms with Gasteiger partial charge in [-0.2, -0.15) is 0 Å². The van der Waals surface area contributed by atoms with E-state index < -0.39 is 95.0 Å². The van der Waals surface area contributed by atoms with E-state index in [2.05, 4.69) is 18.7 Å². The number of aliphatic hydroxyl groups is 6. The standard InChI is InChI=1S/C37H47NO12/c1-14-10-38-11-16-3-5-34-8-19(17-4-6-35(27(17)34)28(44)18(14)9-36(38,46)33(16,35)2)29-37(34)23-20(48-32(37)45)7-15(12-39)22(23)30(49-29)50-31-26(43)25(42)24(41)21(13-40)47-31/h7,14,16,18-26,29-31,39-43,46H,3-6,8-13H2,1-2H3/t14-,16-,18-,19+,20+,21-,22-,23+,24-,25+,26-,29-,30+,31+,33+,34-,35+,36+,37-/m1/s1. The van der Waals surface area contributed by atoms with Crippen LogP contribution in [0.3, 0.4) is 0 Å². The number of hydrogen-bond donors (Lipinski definition) is 6. The number of rotatable bonds is 4. The molecule has 13 nitrogen and oxygen atoms in total. The third-order valence-electron chi connectivity index (χ3n) is 17.0. The smallest absolute Gasteiger partial charge is 0.316 e. The Kier molecular flexibility index (Phi) is 6.01. The minimum Gasteiger partial charge on any atom is -0.457 e. The van der Waals surface area contributed by atoms with Gasteiger partial charge < -0.3 is 49.6 Å². The van der Waals surface area contributed by atoms with Crippen molar-refractivity contribution < 1.29 is 59.2 Å². The number of carbonyl (C=O) groups is 2. The van der Waals surface area contributed by atoms with E-state index in [0.717, 1.165) is 18.5 Å². The van der Waals surface area contributed by atoms with Gasteiger partial charge in [0.15, 0.2) is 12.6 Å². The summed E-state index contributed by atoms with van der Waals surface area (Å²) in [6.45, 7) is 4.79. The highest BCUT2D eigenvalue weighted by atomic mass is 16.8. The Balaban J connectivity index is 1.08. The van der Waals surface area contributed by atoms with Crippen molar-refractivity contribution in [1.82, 2.24) is 4.90 Å². The summed E-state index contributed by atoms with van der Waals surface area (Å²) in [5, 5.41) is 65.2. The van der Waals surface area contributed by atoms with Gasteiger partial charge in [-0.3, -0.25) is 14.5 Å². The fourth-order valence-electron chi connectivity index (χ4n) is 15.3. The molecule has 19 atom stereocenters. The Morgan fingerprint density at radius 1 is 1.00 bits per heavy atom. The predicted molar refractivity (Wildman–Crippen MR) is 167 cm³/mol. The zero-order valence-electron chi connectivity index (χ0n) is 28.3. The molecule has 5 heterocycles. The first-order valence-corrected chi connectivity index (χ1v) is 18.8. The molecule has 0 aromatic rings. The van der Waals surface area contributed by atoms with Gasteiger partial charge in [0.2, 0.25) is 0 Å². The minimum atomic E-state index is -1.66. The fourth-order valence-corrected chi connectivity index (χ4v) is 15.3. The van der Waals surface area contributed by atoms with Crippen molar-refractivity contribution >= 4 is 11.8 Å². The van der Waals surface area contributed by atoms with Crippen LogP contribution in [-0.2, 0) is 28.5 Å². The molecule has 0 radical (unpaired) electrons. The lowest BCUT2D eigenvalue weighted by Gasteiger charge is -2.65. The highest BCUT2D eigenvalue weighted by molar-refractivity contribution is 5.96. The topological polar surface area (TPSA) is 196 Å². The summed E-state index contributed by atoms with van der Waals surface area (Å²) in [5.41, 5.74) is -1.76. The molecule has 5 aliphatic heterocycles. The average Bonchev–Trinajstić information content (AvgIpc) is 3.90. The predicted octanol–water partition coefficient (Wildman–Crippen LogP) is -0.640. The normalized spacial score (nSPS) is 60.8. The average molecular weight is 698 g/mol. The lowest BCUT2D eigenvalue weighted by molar-refractivity contribution is -0.366. The first-order valence-electron chi connectivity index (χ1n) is 18.8. The van der Waals surface area contributed by atoms with Crippen LogP contribution < -0.4 is 0 Å². The summed E-state index contributed by atoms with van der Waals surface area (Å²) < 4.78 is 25.4. The summed E-state index contributed by atoms with van der Waals surface area (Å²) in [5.74, 6) is -1.55. The molecule has 6 aliphatic carbocycles. The second-order valence-electron chi connectivity index (χ2n) is 18.0. The van der Waals surface area contributed by atoms with Gasteiger partial charge in [0.05, 0.1) is 24.7 Å². The fraction of sp³-hybridized carbons (Fsp3) is 0.838.